The first-order valence-electron chi connectivity index (χ1n) is 3.92. The molecule has 0 radical (unpaired) electrons. The van der Waals surface area contributed by atoms with Crippen molar-refractivity contribution >= 4 is 15.9 Å². The van der Waals surface area contributed by atoms with Crippen molar-refractivity contribution in [2.24, 2.45) is 0 Å². The Balaban J connectivity index is 2.53. The maximum Gasteiger partial charge on any atom is 0.0965 e. The molecule has 0 fully saturated rings. The molecule has 3 nitrogen and oxygen atoms in total. The number of ether oxygens (including phenoxy) is 1. The van der Waals surface area contributed by atoms with Crippen molar-refractivity contribution in [1.29, 1.82) is 5.26 Å². The third-order valence-electron chi connectivity index (χ3n) is 2.10. The summed E-state index contributed by atoms with van der Waals surface area (Å²) in [4.78, 5) is 4.04. The van der Waals surface area contributed by atoms with Crippen molar-refractivity contribution in [1.82, 2.24) is 4.98 Å². The van der Waals surface area contributed by atoms with E-state index in [9.17, 15) is 0 Å². The van der Waals surface area contributed by atoms with Gasteiger partial charge in [0, 0.05) is 16.9 Å². The molecule has 66 valence electrons. The van der Waals surface area contributed by atoms with Crippen LogP contribution >= 0.6 is 15.9 Å². The van der Waals surface area contributed by atoms with Crippen molar-refractivity contribution in [2.45, 2.75) is 12.5 Å². The summed E-state index contributed by atoms with van der Waals surface area (Å²) >= 11 is 3.39. The van der Waals surface area contributed by atoms with Gasteiger partial charge in [0.15, 0.2) is 0 Å². The van der Waals surface area contributed by atoms with Gasteiger partial charge in [-0.1, -0.05) is 0 Å². The van der Waals surface area contributed by atoms with Crippen LogP contribution in [0.15, 0.2) is 16.9 Å². The zero-order valence-electron chi connectivity index (χ0n) is 6.83. The molecule has 0 amide bonds. The van der Waals surface area contributed by atoms with Gasteiger partial charge in [-0.15, -0.1) is 0 Å². The quantitative estimate of drug-likeness (QED) is 0.695. The van der Waals surface area contributed by atoms with Crippen LogP contribution in [0.2, 0.25) is 0 Å². The number of fused-ring (bicyclic) bond motifs is 1. The topological polar surface area (TPSA) is 45.9 Å². The zero-order valence-corrected chi connectivity index (χ0v) is 8.41. The fourth-order valence-corrected chi connectivity index (χ4v) is 1.87. The first-order valence-corrected chi connectivity index (χ1v) is 4.72. The molecule has 1 aliphatic rings. The number of halogens is 1. The van der Waals surface area contributed by atoms with E-state index in [-0.39, 0.29) is 5.92 Å². The molecule has 4 heteroatoms. The fraction of sp³-hybridized carbons (Fsp3) is 0.333. The Morgan fingerprint density at radius 1 is 1.62 bits per heavy atom. The van der Waals surface area contributed by atoms with Crippen molar-refractivity contribution in [3.63, 3.8) is 0 Å². The molecule has 0 N–H and O–H groups in total. The molecule has 1 atom stereocenters. The molecule has 0 aromatic carbocycles. The van der Waals surface area contributed by atoms with Crippen LogP contribution in [0.4, 0.5) is 0 Å². The van der Waals surface area contributed by atoms with Crippen LogP contribution in [0.3, 0.4) is 0 Å². The second kappa shape index (κ2) is 3.44. The van der Waals surface area contributed by atoms with Gasteiger partial charge < -0.3 is 4.74 Å². The van der Waals surface area contributed by atoms with Crippen LogP contribution in [-0.2, 0) is 11.3 Å². The average molecular weight is 239 g/mol. The van der Waals surface area contributed by atoms with E-state index in [1.165, 1.54) is 0 Å². The lowest BCUT2D eigenvalue weighted by Gasteiger charge is -2.20. The van der Waals surface area contributed by atoms with Gasteiger partial charge in [0.25, 0.3) is 0 Å². The Bertz CT molecular complexity index is 372. The second-order valence-electron chi connectivity index (χ2n) is 2.89. The van der Waals surface area contributed by atoms with E-state index in [1.54, 1.807) is 12.4 Å². The summed E-state index contributed by atoms with van der Waals surface area (Å²) in [5.41, 5.74) is 2.04. The molecule has 1 aromatic heterocycles. The maximum atomic E-state index is 8.86. The molecule has 0 spiro atoms. The number of hydrogen-bond acceptors (Lipinski definition) is 3. The highest BCUT2D eigenvalue weighted by atomic mass is 79.9. The van der Waals surface area contributed by atoms with Crippen molar-refractivity contribution in [3.8, 4) is 6.07 Å². The minimum atomic E-state index is -0.172. The lowest BCUT2D eigenvalue weighted by molar-refractivity contribution is 0.102. The molecular formula is C9H7BrN2O. The Kier molecular flexibility index (Phi) is 2.30. The molecule has 0 bridgehead atoms. The second-order valence-corrected chi connectivity index (χ2v) is 3.74. The summed E-state index contributed by atoms with van der Waals surface area (Å²) in [5, 5.41) is 8.86. The Morgan fingerprint density at radius 2 is 2.46 bits per heavy atom. The highest BCUT2D eigenvalue weighted by Gasteiger charge is 2.22. The van der Waals surface area contributed by atoms with Crippen molar-refractivity contribution in [3.05, 3.63) is 28.0 Å². The maximum absolute atomic E-state index is 8.86. The van der Waals surface area contributed by atoms with E-state index in [2.05, 4.69) is 27.0 Å². The normalized spacial score (nSPS) is 20.5. The Hall–Kier alpha value is -0.920. The summed E-state index contributed by atoms with van der Waals surface area (Å²) in [5.74, 6) is -0.172. The van der Waals surface area contributed by atoms with Crippen molar-refractivity contribution < 1.29 is 4.74 Å². The smallest absolute Gasteiger partial charge is 0.0965 e. The third-order valence-corrected chi connectivity index (χ3v) is 2.78. The lowest BCUT2D eigenvalue weighted by atomic mass is 9.96. The van der Waals surface area contributed by atoms with Gasteiger partial charge in [-0.25, -0.2) is 0 Å². The monoisotopic (exact) mass is 238 g/mol. The largest absolute Gasteiger partial charge is 0.375 e. The summed E-state index contributed by atoms with van der Waals surface area (Å²) < 4.78 is 6.22. The van der Waals surface area contributed by atoms with E-state index >= 15 is 0 Å². The molecule has 1 aliphatic heterocycles. The molecule has 1 unspecified atom stereocenters. The number of rotatable bonds is 0. The summed E-state index contributed by atoms with van der Waals surface area (Å²) in [6, 6.07) is 2.20. The molecule has 2 heterocycles. The van der Waals surface area contributed by atoms with Crippen LogP contribution in [0, 0.1) is 11.3 Å². The lowest BCUT2D eigenvalue weighted by Crippen LogP contribution is -2.16. The molecule has 0 saturated carbocycles. The molecule has 13 heavy (non-hydrogen) atoms. The van der Waals surface area contributed by atoms with Crippen LogP contribution in [0.25, 0.3) is 0 Å². The number of nitrogens with zero attached hydrogens (tertiary/aromatic N) is 2. The predicted octanol–water partition coefficient (Wildman–Crippen LogP) is 1.98. The van der Waals surface area contributed by atoms with Crippen LogP contribution in [0.1, 0.15) is 17.0 Å². The molecule has 0 saturated heterocycles. The Morgan fingerprint density at radius 3 is 3.23 bits per heavy atom. The summed E-state index contributed by atoms with van der Waals surface area (Å²) in [7, 11) is 0. The average Bonchev–Trinajstić information content (AvgIpc) is 2.18. The highest BCUT2D eigenvalue weighted by Crippen LogP contribution is 2.30. The minimum absolute atomic E-state index is 0.172. The molecular weight excluding hydrogens is 232 g/mol. The van der Waals surface area contributed by atoms with Crippen LogP contribution in [0.5, 0.6) is 0 Å². The van der Waals surface area contributed by atoms with Crippen molar-refractivity contribution in [2.75, 3.05) is 6.61 Å². The number of pyridine rings is 1. The SMILES string of the molecule is N#CC1COCc2c(Br)cncc21. The minimum Gasteiger partial charge on any atom is -0.375 e. The molecule has 1 aromatic rings. The zero-order chi connectivity index (χ0) is 9.26. The van der Waals surface area contributed by atoms with Gasteiger partial charge in [-0.3, -0.25) is 4.98 Å². The number of hydrogen-bond donors (Lipinski definition) is 0. The van der Waals surface area contributed by atoms with Crippen LogP contribution < -0.4 is 0 Å². The van der Waals surface area contributed by atoms with Gasteiger partial charge in [0.1, 0.15) is 0 Å². The molecule has 2 rings (SSSR count). The van der Waals surface area contributed by atoms with Gasteiger partial charge in [-0.05, 0) is 27.1 Å². The standard InChI is InChI=1S/C9H7BrN2O/c10-9-3-12-2-7-6(1-11)4-13-5-8(7)9/h2-3,6H,4-5H2. The summed E-state index contributed by atoms with van der Waals surface area (Å²) in [6.45, 7) is 1.04. The van der Waals surface area contributed by atoms with E-state index in [4.69, 9.17) is 10.00 Å². The fourth-order valence-electron chi connectivity index (χ4n) is 1.40. The third kappa shape index (κ3) is 1.45. The van der Waals surface area contributed by atoms with E-state index in [1.807, 2.05) is 0 Å². The predicted molar refractivity (Wildman–Crippen MR) is 49.9 cm³/mol. The first-order chi connectivity index (χ1) is 6.33. The Labute approximate surface area is 84.5 Å². The van der Waals surface area contributed by atoms with Gasteiger partial charge in [0.2, 0.25) is 0 Å². The molecule has 0 aliphatic carbocycles. The number of aromatic nitrogens is 1. The first kappa shape index (κ1) is 8.67. The number of nitriles is 1. The van der Waals surface area contributed by atoms with Gasteiger partial charge in [0.05, 0.1) is 25.2 Å². The highest BCUT2D eigenvalue weighted by molar-refractivity contribution is 9.10. The van der Waals surface area contributed by atoms with E-state index < -0.39 is 0 Å². The summed E-state index contributed by atoms with van der Waals surface area (Å²) in [6.07, 6.45) is 3.47. The van der Waals surface area contributed by atoms with Crippen LogP contribution in [-0.4, -0.2) is 11.6 Å². The van der Waals surface area contributed by atoms with E-state index in [0.717, 1.165) is 15.6 Å². The van der Waals surface area contributed by atoms with Gasteiger partial charge >= 0.3 is 0 Å². The van der Waals surface area contributed by atoms with Gasteiger partial charge in [-0.2, -0.15) is 5.26 Å². The van der Waals surface area contributed by atoms with E-state index in [0.29, 0.717) is 13.2 Å².